The molecule has 7 atom stereocenters. The van der Waals surface area contributed by atoms with Gasteiger partial charge in [-0.05, 0) is 12.1 Å². The number of aliphatic hydroxyl groups excluding tert-OH is 4. The molecule has 0 amide bonds. The van der Waals surface area contributed by atoms with Gasteiger partial charge in [0.25, 0.3) is 0 Å². The number of benzene rings is 2. The van der Waals surface area contributed by atoms with Crippen LogP contribution in [0.5, 0.6) is 34.5 Å². The van der Waals surface area contributed by atoms with E-state index >= 15 is 0 Å². The average molecular weight is 511 g/mol. The maximum Gasteiger partial charge on any atom is 0.363 e. The van der Waals surface area contributed by atoms with Crippen LogP contribution in [0.4, 0.5) is 0 Å². The number of ketones is 1. The fourth-order valence-electron chi connectivity index (χ4n) is 4.20. The van der Waals surface area contributed by atoms with Crippen LogP contribution in [0.2, 0.25) is 0 Å². The summed E-state index contributed by atoms with van der Waals surface area (Å²) >= 11 is 0. The lowest BCUT2D eigenvalue weighted by atomic mass is 9.91. The minimum absolute atomic E-state index is 0.0103. The summed E-state index contributed by atoms with van der Waals surface area (Å²) in [6.07, 6.45) is -10.9. The summed E-state index contributed by atoms with van der Waals surface area (Å²) in [6, 6.07) is 4.87. The zero-order valence-electron chi connectivity index (χ0n) is 19.2. The molecule has 0 bridgehead atoms. The molecule has 0 aromatic heterocycles. The molecule has 7 unspecified atom stereocenters. The first kappa shape index (κ1) is 25.8. The fraction of sp³-hybridized carbons (Fsp3) is 0.435. The van der Waals surface area contributed by atoms with Crippen molar-refractivity contribution in [2.45, 2.75) is 42.9 Å². The molecule has 1 saturated heterocycles. The van der Waals surface area contributed by atoms with Crippen molar-refractivity contribution in [3.63, 3.8) is 0 Å². The molecule has 0 saturated carbocycles. The molecule has 2 aliphatic heterocycles. The van der Waals surface area contributed by atoms with Crippen LogP contribution in [0, 0.1) is 0 Å². The van der Waals surface area contributed by atoms with E-state index in [2.05, 4.69) is 0 Å². The Morgan fingerprint density at radius 1 is 0.917 bits per heavy atom. The molecule has 0 aliphatic carbocycles. The highest BCUT2D eigenvalue weighted by Crippen LogP contribution is 2.46. The highest BCUT2D eigenvalue weighted by molar-refractivity contribution is 6.06. The smallest absolute Gasteiger partial charge is 0.363 e. The van der Waals surface area contributed by atoms with Gasteiger partial charge in [-0.15, -0.1) is 0 Å². The van der Waals surface area contributed by atoms with Gasteiger partial charge < -0.3 is 59.4 Å². The Balaban J connectivity index is 1.80. The van der Waals surface area contributed by atoms with Crippen LogP contribution >= 0.6 is 0 Å². The molecule has 0 spiro atoms. The van der Waals surface area contributed by atoms with E-state index in [0.29, 0.717) is 0 Å². The van der Waals surface area contributed by atoms with E-state index in [0.717, 1.165) is 6.07 Å². The minimum atomic E-state index is -1.79. The molecular weight excluding hydrogens is 484 g/mol. The Morgan fingerprint density at radius 3 is 2.25 bits per heavy atom. The third kappa shape index (κ3) is 4.36. The standard InChI is InChI=1S/C23H26O13/c1-32-11-5-9(25)6-12-15(11)18(29)22(36-23-20(31)19(30)17(28)14(7-24)35-23)21(34-12)8-3-10(26)16(27)13(4-8)33-2/h3-6,14,17,19-28,30-31H,7H2,1-2H3/p+1. The number of phenols is 3. The molecule has 1 fully saturated rings. The van der Waals surface area contributed by atoms with Crippen LogP contribution < -0.4 is 14.2 Å². The number of fused-ring (bicyclic) bond motifs is 1. The van der Waals surface area contributed by atoms with Gasteiger partial charge in [-0.1, -0.05) is 0 Å². The Labute approximate surface area is 204 Å². The molecular formula is C23H27O13+. The summed E-state index contributed by atoms with van der Waals surface area (Å²) in [5, 5.41) is 70.5. The first-order chi connectivity index (χ1) is 17.1. The molecule has 13 heteroatoms. The molecule has 196 valence electrons. The van der Waals surface area contributed by atoms with Crippen molar-refractivity contribution >= 4 is 5.78 Å². The van der Waals surface area contributed by atoms with Gasteiger partial charge in [0.15, 0.2) is 29.5 Å². The van der Waals surface area contributed by atoms with Crippen molar-refractivity contribution < 1.29 is 64.2 Å². The maximum atomic E-state index is 11.3. The van der Waals surface area contributed by atoms with Crippen molar-refractivity contribution in [2.75, 3.05) is 20.8 Å². The fourth-order valence-corrected chi connectivity index (χ4v) is 4.20. The second kappa shape index (κ2) is 9.97. The van der Waals surface area contributed by atoms with Crippen LogP contribution in [0.25, 0.3) is 0 Å². The van der Waals surface area contributed by atoms with Gasteiger partial charge in [0.1, 0.15) is 41.7 Å². The Morgan fingerprint density at radius 2 is 1.61 bits per heavy atom. The molecule has 8 N–H and O–H groups in total. The molecule has 0 radical (unpaired) electrons. The second-order valence-electron chi connectivity index (χ2n) is 8.29. The van der Waals surface area contributed by atoms with Crippen molar-refractivity contribution in [1.29, 1.82) is 0 Å². The van der Waals surface area contributed by atoms with E-state index in [-0.39, 0.29) is 34.1 Å². The van der Waals surface area contributed by atoms with Gasteiger partial charge in [-0.3, -0.25) is 4.79 Å². The number of ether oxygens (including phenoxy) is 5. The number of methoxy groups -OCH3 is 2. The van der Waals surface area contributed by atoms with Gasteiger partial charge in [-0.2, -0.15) is 0 Å². The van der Waals surface area contributed by atoms with Gasteiger partial charge in [-0.25, -0.2) is 0 Å². The molecule has 36 heavy (non-hydrogen) atoms. The number of aliphatic hydroxyl groups is 4. The quantitative estimate of drug-likeness (QED) is 0.185. The summed E-state index contributed by atoms with van der Waals surface area (Å²) in [4.78, 5) is 11.3. The average Bonchev–Trinajstić information content (AvgIpc) is 2.86. The van der Waals surface area contributed by atoms with Crippen LogP contribution in [0.3, 0.4) is 0 Å². The van der Waals surface area contributed by atoms with Gasteiger partial charge in [0.05, 0.1) is 20.8 Å². The van der Waals surface area contributed by atoms with E-state index in [4.69, 9.17) is 23.7 Å². The topological polar surface area (TPSA) is 209 Å². The SMILES string of the molecule is COc1cc(C2Oc3cc(O)cc(OC)c3C(=[OH+])C2OC2OC(CO)C(O)C(O)C2O)cc(O)c1O. The Kier molecular flexibility index (Phi) is 7.13. The Hall–Kier alpha value is -3.33. The molecule has 4 rings (SSSR count). The number of carbonyl (C=O) groups excluding carboxylic acids is 1. The van der Waals surface area contributed by atoms with Gasteiger partial charge in [0, 0.05) is 17.7 Å². The normalized spacial score (nSPS) is 29.8. The first-order valence-corrected chi connectivity index (χ1v) is 10.8. The summed E-state index contributed by atoms with van der Waals surface area (Å²) < 4.78 is 27.6. The molecule has 2 aromatic carbocycles. The monoisotopic (exact) mass is 511 g/mol. The Bertz CT molecular complexity index is 1130. The van der Waals surface area contributed by atoms with Gasteiger partial charge >= 0.3 is 5.78 Å². The summed E-state index contributed by atoms with van der Waals surface area (Å²) in [5.74, 6) is -1.96. The second-order valence-corrected chi connectivity index (χ2v) is 8.29. The van der Waals surface area contributed by atoms with Crippen molar-refractivity contribution in [3.8, 4) is 34.5 Å². The van der Waals surface area contributed by atoms with Crippen molar-refractivity contribution in [1.82, 2.24) is 0 Å². The third-order valence-electron chi connectivity index (χ3n) is 6.08. The van der Waals surface area contributed by atoms with E-state index in [1.165, 1.54) is 32.4 Å². The molecule has 2 heterocycles. The predicted octanol–water partition coefficient (Wildman–Crippen LogP) is -0.968. The van der Waals surface area contributed by atoms with Crippen LogP contribution in [-0.2, 0) is 9.47 Å². The lowest BCUT2D eigenvalue weighted by Crippen LogP contribution is -2.60. The summed E-state index contributed by atoms with van der Waals surface area (Å²) in [6.45, 7) is -0.704. The highest BCUT2D eigenvalue weighted by Gasteiger charge is 2.51. The van der Waals surface area contributed by atoms with Crippen molar-refractivity contribution in [3.05, 3.63) is 35.4 Å². The number of rotatable bonds is 6. The highest BCUT2D eigenvalue weighted by atomic mass is 16.7. The first-order valence-electron chi connectivity index (χ1n) is 10.8. The third-order valence-corrected chi connectivity index (χ3v) is 6.08. The molecule has 13 nitrogen and oxygen atoms in total. The van der Waals surface area contributed by atoms with E-state index in [9.17, 15) is 40.5 Å². The largest absolute Gasteiger partial charge is 0.508 e. The molecule has 2 aromatic rings. The number of hydrogen-bond donors (Lipinski definition) is 7. The molecule has 2 aliphatic rings. The van der Waals surface area contributed by atoms with Crippen LogP contribution in [0.15, 0.2) is 24.3 Å². The predicted molar refractivity (Wildman–Crippen MR) is 119 cm³/mol. The summed E-state index contributed by atoms with van der Waals surface area (Å²) in [7, 11) is 2.55. The number of hydrogen-bond acceptors (Lipinski definition) is 12. The summed E-state index contributed by atoms with van der Waals surface area (Å²) in [5.41, 5.74) is 0.146. The van der Waals surface area contributed by atoms with Crippen LogP contribution in [-0.4, -0.2) is 104 Å². The lowest BCUT2D eigenvalue weighted by Gasteiger charge is -2.41. The zero-order chi connectivity index (χ0) is 26.3. The minimum Gasteiger partial charge on any atom is -0.508 e. The van der Waals surface area contributed by atoms with E-state index < -0.39 is 66.8 Å². The maximum absolute atomic E-state index is 11.3. The zero-order valence-corrected chi connectivity index (χ0v) is 19.2. The van der Waals surface area contributed by atoms with Crippen LogP contribution in [0.1, 0.15) is 17.2 Å². The number of aromatic hydroxyl groups is 3. The van der Waals surface area contributed by atoms with E-state index in [1.54, 1.807) is 0 Å². The number of phenolic OH excluding ortho intramolecular Hbond substituents is 3. The van der Waals surface area contributed by atoms with E-state index in [1.807, 2.05) is 0 Å². The van der Waals surface area contributed by atoms with Crippen molar-refractivity contribution in [2.24, 2.45) is 0 Å². The van der Waals surface area contributed by atoms with Gasteiger partial charge in [0.2, 0.25) is 11.9 Å². The lowest BCUT2D eigenvalue weighted by molar-refractivity contribution is -0.310.